The number of carbonyl (C=O) groups is 2. The first-order chi connectivity index (χ1) is 17.8. The first-order valence-corrected chi connectivity index (χ1v) is 15.1. The van der Waals surface area contributed by atoms with E-state index in [1.165, 1.54) is 17.3 Å². The zero-order chi connectivity index (χ0) is 28.3. The van der Waals surface area contributed by atoms with Gasteiger partial charge in [-0.05, 0) is 38.5 Å². The SMILES string of the molecule is C/C(=C\C=C\SC=N)C1CC2OC2(C)CCCC2C(O)C(C)C(=O)C3C(CC(=O)N1)N23.CC.CC.CC. The van der Waals surface area contributed by atoms with Gasteiger partial charge < -0.3 is 20.6 Å². The number of rotatable bonds is 4. The summed E-state index contributed by atoms with van der Waals surface area (Å²) in [6.07, 6.45) is 6.93. The van der Waals surface area contributed by atoms with Crippen LogP contribution in [0.4, 0.5) is 0 Å². The number of ketones is 1. The molecule has 0 aromatic carbocycles. The molecule has 0 radical (unpaired) electrons. The van der Waals surface area contributed by atoms with Crippen molar-refractivity contribution in [2.24, 2.45) is 5.92 Å². The van der Waals surface area contributed by atoms with Crippen LogP contribution in [-0.4, -0.2) is 69.2 Å². The number of nitrogens with one attached hydrogen (secondary N) is 2. The Hall–Kier alpha value is -1.48. The molecule has 4 saturated heterocycles. The topological polar surface area (TPSA) is 106 Å². The highest BCUT2D eigenvalue weighted by molar-refractivity contribution is 8.14. The Kier molecular flexibility index (Phi) is 14.3. The predicted octanol–water partition coefficient (Wildman–Crippen LogP) is 5.47. The van der Waals surface area contributed by atoms with Gasteiger partial charge in [-0.1, -0.05) is 78.0 Å². The molecular weight excluding hydrogens is 486 g/mol. The van der Waals surface area contributed by atoms with Crippen LogP contribution in [0.2, 0.25) is 0 Å². The van der Waals surface area contributed by atoms with Crippen molar-refractivity contribution in [2.75, 3.05) is 0 Å². The number of fused-ring (bicyclic) bond motifs is 2. The minimum atomic E-state index is -0.672. The number of piperidine rings is 1. The average Bonchev–Trinajstić information content (AvgIpc) is 3.79. The van der Waals surface area contributed by atoms with Crippen molar-refractivity contribution in [3.63, 3.8) is 0 Å². The lowest BCUT2D eigenvalue weighted by atomic mass is 9.85. The highest BCUT2D eigenvalue weighted by atomic mass is 32.2. The molecule has 8 heteroatoms. The number of amides is 1. The van der Waals surface area contributed by atoms with E-state index in [4.69, 9.17) is 10.1 Å². The second-order valence-electron chi connectivity index (χ2n) is 9.57. The second kappa shape index (κ2) is 15.8. The van der Waals surface area contributed by atoms with Crippen LogP contribution in [0, 0.1) is 11.3 Å². The molecule has 7 nitrogen and oxygen atoms in total. The summed E-state index contributed by atoms with van der Waals surface area (Å²) in [6, 6.07) is -0.533. The Morgan fingerprint density at radius 1 is 1.19 bits per heavy atom. The number of allylic oxidation sites excluding steroid dienone is 2. The van der Waals surface area contributed by atoms with Gasteiger partial charge in [0.2, 0.25) is 5.91 Å². The fourth-order valence-corrected chi connectivity index (χ4v) is 5.70. The van der Waals surface area contributed by atoms with E-state index >= 15 is 0 Å². The zero-order valence-corrected chi connectivity index (χ0v) is 25.2. The normalized spacial score (nSPS) is 38.6. The lowest BCUT2D eigenvalue weighted by Crippen LogP contribution is -2.48. The number of carbonyl (C=O) groups excluding carboxylic acids is 2. The number of Topliss-reactive ketones (excluding diaryl/α,β-unsaturated/α-hetero) is 1. The molecular formula is C29H51N3O4S. The summed E-state index contributed by atoms with van der Waals surface area (Å²) >= 11 is 1.29. The van der Waals surface area contributed by atoms with Gasteiger partial charge in [-0.25, -0.2) is 0 Å². The van der Waals surface area contributed by atoms with Gasteiger partial charge in [-0.3, -0.25) is 14.5 Å². The van der Waals surface area contributed by atoms with E-state index in [0.29, 0.717) is 0 Å². The summed E-state index contributed by atoms with van der Waals surface area (Å²) in [5, 5.41) is 22.8. The Labute approximate surface area is 229 Å². The van der Waals surface area contributed by atoms with Crippen molar-refractivity contribution in [3.8, 4) is 0 Å². The van der Waals surface area contributed by atoms with E-state index in [9.17, 15) is 14.7 Å². The molecule has 37 heavy (non-hydrogen) atoms. The first-order valence-electron chi connectivity index (χ1n) is 14.2. The van der Waals surface area contributed by atoms with E-state index in [-0.39, 0.29) is 59.9 Å². The third-order valence-electron chi connectivity index (χ3n) is 7.53. The van der Waals surface area contributed by atoms with Crippen molar-refractivity contribution in [3.05, 3.63) is 23.1 Å². The number of hydrogen-bond acceptors (Lipinski definition) is 7. The highest BCUT2D eigenvalue weighted by Crippen LogP contribution is 2.47. The number of aliphatic hydroxyl groups is 1. The van der Waals surface area contributed by atoms with Gasteiger partial charge in [0, 0.05) is 30.8 Å². The Morgan fingerprint density at radius 2 is 1.84 bits per heavy atom. The van der Waals surface area contributed by atoms with E-state index in [2.05, 4.69) is 17.1 Å². The molecule has 9 unspecified atom stereocenters. The van der Waals surface area contributed by atoms with Crippen LogP contribution in [-0.2, 0) is 14.3 Å². The largest absolute Gasteiger partial charge is 0.391 e. The van der Waals surface area contributed by atoms with Crippen molar-refractivity contribution in [1.29, 1.82) is 5.41 Å². The molecule has 212 valence electrons. The number of epoxide rings is 1. The number of hydrogen-bond donors (Lipinski definition) is 3. The maximum atomic E-state index is 12.9. The zero-order valence-electron chi connectivity index (χ0n) is 24.4. The number of nitrogens with zero attached hydrogens (tertiary/aromatic N) is 1. The fraction of sp³-hybridized carbons (Fsp3) is 0.759. The van der Waals surface area contributed by atoms with Gasteiger partial charge in [-0.2, -0.15) is 0 Å². The van der Waals surface area contributed by atoms with Gasteiger partial charge in [0.25, 0.3) is 0 Å². The van der Waals surface area contributed by atoms with Gasteiger partial charge >= 0.3 is 0 Å². The van der Waals surface area contributed by atoms with Crippen LogP contribution in [0.3, 0.4) is 0 Å². The standard InChI is InChI=1S/C23H33N3O4S.3C2H6/c1-13(6-5-9-31-12-24)15-10-18-23(3,30-18)8-4-7-16-21(28)14(2)22(29)20-17(26(16)20)11-19(27)25-15;3*1-2/h5-6,9,12,14-18,20-21,24,28H,4,7-8,10-11H2,1-3H3,(H,25,27);3*1-2H3/b9-5+,13-6+,24-12?;;;. The lowest BCUT2D eigenvalue weighted by Gasteiger charge is -2.33. The number of ether oxygens (including phenoxy) is 1. The molecule has 0 aromatic heterocycles. The van der Waals surface area contributed by atoms with Gasteiger partial charge in [-0.15, -0.1) is 0 Å². The third-order valence-corrected chi connectivity index (χ3v) is 7.98. The average molecular weight is 538 g/mol. The summed E-state index contributed by atoms with van der Waals surface area (Å²) in [6.45, 7) is 17.9. The van der Waals surface area contributed by atoms with Crippen molar-refractivity contribution in [2.45, 2.75) is 136 Å². The molecule has 0 bridgehead atoms. The molecule has 4 rings (SSSR count). The summed E-state index contributed by atoms with van der Waals surface area (Å²) in [7, 11) is 0. The summed E-state index contributed by atoms with van der Waals surface area (Å²) in [5.41, 5.74) is 2.11. The van der Waals surface area contributed by atoms with Crippen LogP contribution in [0.5, 0.6) is 0 Å². The van der Waals surface area contributed by atoms with E-state index in [1.807, 2.05) is 72.9 Å². The molecule has 0 aliphatic carbocycles. The van der Waals surface area contributed by atoms with Crippen molar-refractivity contribution < 1.29 is 19.4 Å². The Morgan fingerprint density at radius 3 is 2.46 bits per heavy atom. The van der Waals surface area contributed by atoms with Crippen LogP contribution < -0.4 is 5.32 Å². The quantitative estimate of drug-likeness (QED) is 0.190. The van der Waals surface area contributed by atoms with E-state index in [0.717, 1.165) is 31.3 Å². The monoisotopic (exact) mass is 537 g/mol. The third kappa shape index (κ3) is 8.25. The maximum Gasteiger partial charge on any atom is 0.222 e. The summed E-state index contributed by atoms with van der Waals surface area (Å²) in [5.74, 6) is -0.380. The molecule has 0 aromatic rings. The predicted molar refractivity (Wildman–Crippen MR) is 155 cm³/mol. The second-order valence-corrected chi connectivity index (χ2v) is 10.4. The molecule has 0 spiro atoms. The number of aliphatic hydroxyl groups excluding tert-OH is 1. The minimum Gasteiger partial charge on any atom is -0.391 e. The summed E-state index contributed by atoms with van der Waals surface area (Å²) in [4.78, 5) is 27.7. The molecule has 4 heterocycles. The van der Waals surface area contributed by atoms with Crippen LogP contribution in [0.15, 0.2) is 23.1 Å². The van der Waals surface area contributed by atoms with Crippen LogP contribution >= 0.6 is 11.8 Å². The smallest absolute Gasteiger partial charge is 0.222 e. The Balaban J connectivity index is 0.00000106. The molecule has 1 amide bonds. The molecule has 4 aliphatic heterocycles. The van der Waals surface area contributed by atoms with Crippen LogP contribution in [0.1, 0.15) is 94.4 Å². The minimum absolute atomic E-state index is 0.0626. The Bertz CT molecular complexity index is 817. The van der Waals surface area contributed by atoms with Crippen LogP contribution in [0.25, 0.3) is 0 Å². The van der Waals surface area contributed by atoms with E-state index in [1.54, 1.807) is 0 Å². The lowest BCUT2D eigenvalue weighted by molar-refractivity contribution is -0.131. The molecule has 4 fully saturated rings. The van der Waals surface area contributed by atoms with Crippen molar-refractivity contribution >= 4 is 29.0 Å². The highest BCUT2D eigenvalue weighted by Gasteiger charge is 2.63. The summed E-state index contributed by atoms with van der Waals surface area (Å²) < 4.78 is 6.05. The van der Waals surface area contributed by atoms with Crippen molar-refractivity contribution in [1.82, 2.24) is 10.2 Å². The molecule has 0 saturated carbocycles. The van der Waals surface area contributed by atoms with E-state index < -0.39 is 6.10 Å². The molecule has 4 aliphatic rings. The fourth-order valence-electron chi connectivity index (χ4n) is 5.45. The molecule has 9 atom stereocenters. The maximum absolute atomic E-state index is 12.9. The van der Waals surface area contributed by atoms with Gasteiger partial charge in [0.05, 0.1) is 35.4 Å². The molecule has 3 N–H and O–H groups in total. The number of thioether (sulfide) groups is 1. The van der Waals surface area contributed by atoms with Gasteiger partial charge in [0.1, 0.15) is 0 Å². The first kappa shape index (κ1) is 33.5. The van der Waals surface area contributed by atoms with Gasteiger partial charge in [0.15, 0.2) is 5.78 Å².